The Hall–Kier alpha value is 0.270. The van der Waals surface area contributed by atoms with E-state index in [4.69, 9.17) is 40.5 Å². The van der Waals surface area contributed by atoms with Crippen LogP contribution in [0.1, 0.15) is 11.6 Å². The van der Waals surface area contributed by atoms with Crippen molar-refractivity contribution >= 4 is 47.2 Å². The molecule has 0 spiro atoms. The number of nitrogens with two attached hydrogens (primary N) is 1. The zero-order valence-corrected chi connectivity index (χ0v) is 10.0. The molecule has 0 aliphatic rings. The molecule has 0 saturated carbocycles. The standard InChI is InChI=1S/C8H7Cl3FN.ClH/c9-4-1-2-5(10)8(11)7(4)6(13)3-12;/h1-2,6H,3,13H2;1H/t6-;/m1./s1. The number of alkyl halides is 1. The van der Waals surface area contributed by atoms with Gasteiger partial charge in [0.25, 0.3) is 0 Å². The summed E-state index contributed by atoms with van der Waals surface area (Å²) in [5.41, 5.74) is 5.82. The van der Waals surface area contributed by atoms with Crippen LogP contribution in [0, 0.1) is 0 Å². The van der Waals surface area contributed by atoms with Crippen LogP contribution in [0.15, 0.2) is 12.1 Å². The quantitative estimate of drug-likeness (QED) is 0.812. The third kappa shape index (κ3) is 2.88. The van der Waals surface area contributed by atoms with Crippen LogP contribution in [0.5, 0.6) is 0 Å². The molecule has 0 aliphatic carbocycles. The molecule has 0 bridgehead atoms. The fourth-order valence-corrected chi connectivity index (χ4v) is 1.78. The highest BCUT2D eigenvalue weighted by atomic mass is 35.5. The van der Waals surface area contributed by atoms with E-state index in [9.17, 15) is 4.39 Å². The molecule has 0 heterocycles. The van der Waals surface area contributed by atoms with Crippen LogP contribution < -0.4 is 5.73 Å². The van der Waals surface area contributed by atoms with Gasteiger partial charge in [0.05, 0.1) is 16.1 Å². The van der Waals surface area contributed by atoms with E-state index in [1.807, 2.05) is 0 Å². The molecule has 0 saturated heterocycles. The molecule has 1 rings (SSSR count). The Morgan fingerprint density at radius 3 is 2.21 bits per heavy atom. The minimum absolute atomic E-state index is 0. The Morgan fingerprint density at radius 1 is 1.21 bits per heavy atom. The summed E-state index contributed by atoms with van der Waals surface area (Å²) in [4.78, 5) is 0. The van der Waals surface area contributed by atoms with Gasteiger partial charge in [-0.15, -0.1) is 12.4 Å². The molecule has 0 unspecified atom stereocenters. The molecule has 14 heavy (non-hydrogen) atoms. The first kappa shape index (κ1) is 14.3. The Balaban J connectivity index is 0.00000169. The van der Waals surface area contributed by atoms with Crippen LogP contribution in [-0.2, 0) is 0 Å². The monoisotopic (exact) mass is 277 g/mol. The number of benzene rings is 1. The van der Waals surface area contributed by atoms with E-state index in [1.54, 1.807) is 12.1 Å². The van der Waals surface area contributed by atoms with Crippen molar-refractivity contribution in [2.45, 2.75) is 6.04 Å². The zero-order valence-electron chi connectivity index (χ0n) is 6.94. The molecule has 0 aliphatic heterocycles. The first-order valence-electron chi connectivity index (χ1n) is 3.53. The van der Waals surface area contributed by atoms with E-state index in [0.717, 1.165) is 0 Å². The summed E-state index contributed by atoms with van der Waals surface area (Å²) in [6, 6.07) is 2.26. The van der Waals surface area contributed by atoms with Crippen LogP contribution in [0.25, 0.3) is 0 Å². The third-order valence-corrected chi connectivity index (χ3v) is 2.76. The lowest BCUT2D eigenvalue weighted by molar-refractivity contribution is 0.437. The number of rotatable bonds is 2. The van der Waals surface area contributed by atoms with Gasteiger partial charge in [-0.05, 0) is 12.1 Å². The van der Waals surface area contributed by atoms with Crippen molar-refractivity contribution in [3.8, 4) is 0 Å². The smallest absolute Gasteiger partial charge is 0.109 e. The average molecular weight is 279 g/mol. The van der Waals surface area contributed by atoms with Crippen LogP contribution in [-0.4, -0.2) is 6.67 Å². The normalized spacial score (nSPS) is 12.1. The molecule has 0 amide bonds. The van der Waals surface area contributed by atoms with Crippen molar-refractivity contribution < 1.29 is 4.39 Å². The third-order valence-electron chi connectivity index (χ3n) is 1.62. The van der Waals surface area contributed by atoms with Crippen molar-refractivity contribution in [2.24, 2.45) is 5.73 Å². The molecular weight excluding hydrogens is 271 g/mol. The first-order chi connectivity index (χ1) is 6.07. The van der Waals surface area contributed by atoms with E-state index in [-0.39, 0.29) is 17.4 Å². The number of hydrogen-bond donors (Lipinski definition) is 1. The van der Waals surface area contributed by atoms with Gasteiger partial charge in [-0.1, -0.05) is 34.8 Å². The average Bonchev–Trinajstić information content (AvgIpc) is 2.12. The predicted molar refractivity (Wildman–Crippen MR) is 61.6 cm³/mol. The highest BCUT2D eigenvalue weighted by molar-refractivity contribution is 6.44. The fraction of sp³-hybridized carbons (Fsp3) is 0.250. The number of hydrogen-bond acceptors (Lipinski definition) is 1. The van der Waals surface area contributed by atoms with Crippen molar-refractivity contribution in [2.75, 3.05) is 6.67 Å². The van der Waals surface area contributed by atoms with Gasteiger partial charge in [0.1, 0.15) is 6.67 Å². The molecule has 80 valence electrons. The molecule has 1 aromatic carbocycles. The maximum absolute atomic E-state index is 12.3. The van der Waals surface area contributed by atoms with Crippen LogP contribution >= 0.6 is 47.2 Å². The summed E-state index contributed by atoms with van der Waals surface area (Å²) in [6.45, 7) is -0.722. The van der Waals surface area contributed by atoms with E-state index in [0.29, 0.717) is 15.6 Å². The fourth-order valence-electron chi connectivity index (χ4n) is 0.960. The summed E-state index contributed by atoms with van der Waals surface area (Å²) in [7, 11) is 0. The lowest BCUT2D eigenvalue weighted by atomic mass is 10.1. The summed E-state index contributed by atoms with van der Waals surface area (Å²) in [5.74, 6) is 0. The Labute approximate surface area is 103 Å². The van der Waals surface area contributed by atoms with E-state index < -0.39 is 12.7 Å². The maximum Gasteiger partial charge on any atom is 0.109 e. The second kappa shape index (κ2) is 5.99. The van der Waals surface area contributed by atoms with Crippen molar-refractivity contribution in [3.63, 3.8) is 0 Å². The van der Waals surface area contributed by atoms with Crippen LogP contribution in [0.2, 0.25) is 15.1 Å². The molecule has 1 aromatic rings. The maximum atomic E-state index is 12.3. The second-order valence-electron chi connectivity index (χ2n) is 2.52. The lowest BCUT2D eigenvalue weighted by Crippen LogP contribution is -2.13. The van der Waals surface area contributed by atoms with E-state index in [1.165, 1.54) is 0 Å². The van der Waals surface area contributed by atoms with Gasteiger partial charge < -0.3 is 5.73 Å². The molecule has 2 N–H and O–H groups in total. The minimum Gasteiger partial charge on any atom is -0.322 e. The van der Waals surface area contributed by atoms with Gasteiger partial charge in [-0.3, -0.25) is 0 Å². The van der Waals surface area contributed by atoms with Gasteiger partial charge >= 0.3 is 0 Å². The SMILES string of the molecule is Cl.N[C@H](CF)c1c(Cl)ccc(Cl)c1Cl. The lowest BCUT2D eigenvalue weighted by Gasteiger charge is -2.12. The Bertz CT molecular complexity index is 318. The molecule has 0 aromatic heterocycles. The second-order valence-corrected chi connectivity index (χ2v) is 3.71. The molecule has 0 radical (unpaired) electrons. The largest absolute Gasteiger partial charge is 0.322 e. The van der Waals surface area contributed by atoms with E-state index in [2.05, 4.69) is 0 Å². The van der Waals surface area contributed by atoms with Crippen LogP contribution in [0.3, 0.4) is 0 Å². The van der Waals surface area contributed by atoms with E-state index >= 15 is 0 Å². The van der Waals surface area contributed by atoms with Gasteiger partial charge in [-0.2, -0.15) is 0 Å². The van der Waals surface area contributed by atoms with Crippen molar-refractivity contribution in [3.05, 3.63) is 32.8 Å². The molecule has 0 fully saturated rings. The summed E-state index contributed by atoms with van der Waals surface area (Å²) in [6.07, 6.45) is 0. The topological polar surface area (TPSA) is 26.0 Å². The van der Waals surface area contributed by atoms with Gasteiger partial charge in [-0.25, -0.2) is 4.39 Å². The molecule has 1 atom stereocenters. The predicted octanol–water partition coefficient (Wildman–Crippen LogP) is 4.04. The van der Waals surface area contributed by atoms with Crippen molar-refractivity contribution in [1.82, 2.24) is 0 Å². The minimum atomic E-state index is -0.821. The summed E-state index contributed by atoms with van der Waals surface area (Å²) < 4.78 is 12.3. The highest BCUT2D eigenvalue weighted by Gasteiger charge is 2.16. The zero-order chi connectivity index (χ0) is 10.0. The Kier molecular flexibility index (Phi) is 6.10. The Morgan fingerprint density at radius 2 is 1.71 bits per heavy atom. The van der Waals surface area contributed by atoms with Gasteiger partial charge in [0.2, 0.25) is 0 Å². The van der Waals surface area contributed by atoms with Crippen molar-refractivity contribution in [1.29, 1.82) is 0 Å². The molecule has 1 nitrogen and oxygen atoms in total. The van der Waals surface area contributed by atoms with Crippen LogP contribution in [0.4, 0.5) is 4.39 Å². The summed E-state index contributed by atoms with van der Waals surface area (Å²) in [5, 5.41) is 0.879. The number of halogens is 5. The first-order valence-corrected chi connectivity index (χ1v) is 4.66. The van der Waals surface area contributed by atoms with Gasteiger partial charge in [0.15, 0.2) is 0 Å². The van der Waals surface area contributed by atoms with Gasteiger partial charge in [0, 0.05) is 10.6 Å². The molecular formula is C8H8Cl4FN. The summed E-state index contributed by atoms with van der Waals surface area (Å²) >= 11 is 17.3. The highest BCUT2D eigenvalue weighted by Crippen LogP contribution is 2.34. The molecule has 6 heteroatoms.